The standard InChI is InChI=1S/C18H12BrN3O/c19-14-16(12-9-5-2-6-10-12)20-18(23)13-15(21-22-17(13)14)11-7-3-1-4-8-11/h1-10,16H,(H,20,23). The van der Waals surface area contributed by atoms with Crippen molar-refractivity contribution < 1.29 is 4.79 Å². The fourth-order valence-corrected chi connectivity index (χ4v) is 3.43. The lowest BCUT2D eigenvalue weighted by Crippen LogP contribution is -2.34. The van der Waals surface area contributed by atoms with Crippen LogP contribution in [0.5, 0.6) is 0 Å². The molecule has 0 fully saturated rings. The second kappa shape index (κ2) is 5.59. The van der Waals surface area contributed by atoms with E-state index in [-0.39, 0.29) is 11.9 Å². The lowest BCUT2D eigenvalue weighted by Gasteiger charge is -2.25. The lowest BCUT2D eigenvalue weighted by molar-refractivity contribution is -0.117. The molecule has 1 amide bonds. The number of nitrogens with zero attached hydrogens (tertiary/aromatic N) is 2. The monoisotopic (exact) mass is 365 g/mol. The van der Waals surface area contributed by atoms with E-state index in [4.69, 9.17) is 0 Å². The fraction of sp³-hybridized carbons (Fsp3) is 0.0556. The number of fused-ring (bicyclic) bond motifs is 1. The first-order chi connectivity index (χ1) is 11.3. The van der Waals surface area contributed by atoms with Gasteiger partial charge >= 0.3 is 0 Å². The molecule has 0 radical (unpaired) electrons. The lowest BCUT2D eigenvalue weighted by atomic mass is 9.96. The van der Waals surface area contributed by atoms with Gasteiger partial charge in [0.2, 0.25) is 0 Å². The molecule has 23 heavy (non-hydrogen) atoms. The number of halogens is 1. The number of carbonyl (C=O) groups is 1. The highest BCUT2D eigenvalue weighted by Gasteiger charge is 2.36. The highest BCUT2D eigenvalue weighted by atomic mass is 79.9. The molecule has 4 rings (SSSR count). The van der Waals surface area contributed by atoms with Crippen LogP contribution < -0.4 is 5.32 Å². The third-order valence-electron chi connectivity index (χ3n) is 3.89. The Hall–Kier alpha value is -2.53. The first-order valence-corrected chi connectivity index (χ1v) is 8.02. The van der Waals surface area contributed by atoms with Gasteiger partial charge in [-0.1, -0.05) is 76.6 Å². The quantitative estimate of drug-likeness (QED) is 0.845. The Morgan fingerprint density at radius 3 is 2.17 bits per heavy atom. The molecule has 0 saturated carbocycles. The van der Waals surface area contributed by atoms with Gasteiger partial charge in [0.1, 0.15) is 11.4 Å². The molecule has 112 valence electrons. The van der Waals surface area contributed by atoms with Crippen molar-refractivity contribution in [2.24, 2.45) is 10.2 Å². The average molecular weight is 366 g/mol. The minimum absolute atomic E-state index is 0.152. The molecule has 0 aliphatic carbocycles. The van der Waals surface area contributed by atoms with E-state index in [0.29, 0.717) is 17.0 Å². The maximum atomic E-state index is 12.6. The van der Waals surface area contributed by atoms with Crippen molar-refractivity contribution in [3.05, 3.63) is 87.5 Å². The van der Waals surface area contributed by atoms with Crippen LogP contribution in [0.3, 0.4) is 0 Å². The third-order valence-corrected chi connectivity index (χ3v) is 4.72. The van der Waals surface area contributed by atoms with Crippen LogP contribution in [0, 0.1) is 0 Å². The SMILES string of the molecule is O=C1NC(c2ccccc2)C(Br)=C2N=NC(c3ccccc3)=C12. The first kappa shape index (κ1) is 14.1. The Kier molecular flexibility index (Phi) is 3.42. The molecule has 2 aromatic rings. The Balaban J connectivity index is 1.84. The van der Waals surface area contributed by atoms with Gasteiger partial charge in [0, 0.05) is 5.56 Å². The molecule has 1 unspecified atom stereocenters. The number of hydrogen-bond acceptors (Lipinski definition) is 3. The molecule has 2 heterocycles. The summed E-state index contributed by atoms with van der Waals surface area (Å²) in [5.74, 6) is -0.152. The zero-order valence-corrected chi connectivity index (χ0v) is 13.6. The van der Waals surface area contributed by atoms with Crippen LogP contribution in [0.4, 0.5) is 0 Å². The number of nitrogens with one attached hydrogen (secondary N) is 1. The van der Waals surface area contributed by atoms with Gasteiger partial charge in [0.25, 0.3) is 5.91 Å². The normalized spacial score (nSPS) is 19.9. The Morgan fingerprint density at radius 2 is 1.48 bits per heavy atom. The predicted octanol–water partition coefficient (Wildman–Crippen LogP) is 4.34. The Bertz CT molecular complexity index is 870. The third kappa shape index (κ3) is 2.33. The molecule has 2 aliphatic rings. The van der Waals surface area contributed by atoms with Crippen LogP contribution in [-0.2, 0) is 4.79 Å². The maximum Gasteiger partial charge on any atom is 0.256 e. The molecule has 5 heteroatoms. The summed E-state index contributed by atoms with van der Waals surface area (Å²) in [5, 5.41) is 11.5. The van der Waals surface area contributed by atoms with Gasteiger partial charge in [0.05, 0.1) is 16.1 Å². The summed E-state index contributed by atoms with van der Waals surface area (Å²) in [5.41, 5.74) is 3.63. The fourth-order valence-electron chi connectivity index (χ4n) is 2.77. The van der Waals surface area contributed by atoms with Crippen molar-refractivity contribution in [2.45, 2.75) is 6.04 Å². The number of rotatable bonds is 2. The average Bonchev–Trinajstić information content (AvgIpc) is 3.06. The Labute approximate surface area is 141 Å². The van der Waals surface area contributed by atoms with E-state index in [1.165, 1.54) is 0 Å². The predicted molar refractivity (Wildman–Crippen MR) is 91.5 cm³/mol. The second-order valence-electron chi connectivity index (χ2n) is 5.30. The molecule has 2 aromatic carbocycles. The van der Waals surface area contributed by atoms with Gasteiger partial charge in [-0.3, -0.25) is 4.79 Å². The highest BCUT2D eigenvalue weighted by molar-refractivity contribution is 9.11. The van der Waals surface area contributed by atoms with E-state index in [0.717, 1.165) is 15.6 Å². The molecule has 0 bridgehead atoms. The highest BCUT2D eigenvalue weighted by Crippen LogP contribution is 2.43. The van der Waals surface area contributed by atoms with Crippen LogP contribution >= 0.6 is 15.9 Å². The van der Waals surface area contributed by atoms with Crippen LogP contribution in [0.15, 0.2) is 86.6 Å². The zero-order valence-electron chi connectivity index (χ0n) is 12.0. The van der Waals surface area contributed by atoms with Crippen molar-refractivity contribution in [1.82, 2.24) is 5.32 Å². The van der Waals surface area contributed by atoms with Crippen LogP contribution in [-0.4, -0.2) is 5.91 Å². The van der Waals surface area contributed by atoms with E-state index < -0.39 is 0 Å². The zero-order chi connectivity index (χ0) is 15.8. The summed E-state index contributed by atoms with van der Waals surface area (Å²) < 4.78 is 0.827. The molecule has 0 saturated heterocycles. The summed E-state index contributed by atoms with van der Waals surface area (Å²) >= 11 is 3.60. The van der Waals surface area contributed by atoms with Crippen molar-refractivity contribution in [1.29, 1.82) is 0 Å². The summed E-state index contributed by atoms with van der Waals surface area (Å²) in [4.78, 5) is 12.6. The summed E-state index contributed by atoms with van der Waals surface area (Å²) in [6, 6.07) is 19.2. The van der Waals surface area contributed by atoms with Gasteiger partial charge in [0.15, 0.2) is 0 Å². The molecule has 4 nitrogen and oxygen atoms in total. The minimum Gasteiger partial charge on any atom is -0.340 e. The molecule has 2 aliphatic heterocycles. The molecular formula is C18H12BrN3O. The van der Waals surface area contributed by atoms with Crippen molar-refractivity contribution in [3.8, 4) is 0 Å². The smallest absolute Gasteiger partial charge is 0.256 e. The van der Waals surface area contributed by atoms with Gasteiger partial charge in [-0.15, -0.1) is 10.2 Å². The summed E-state index contributed by atoms with van der Waals surface area (Å²) in [6.07, 6.45) is 0. The van der Waals surface area contributed by atoms with Crippen LogP contribution in [0.2, 0.25) is 0 Å². The topological polar surface area (TPSA) is 53.8 Å². The number of amides is 1. The number of benzene rings is 2. The molecular weight excluding hydrogens is 354 g/mol. The van der Waals surface area contributed by atoms with E-state index in [1.807, 2.05) is 60.7 Å². The number of carbonyl (C=O) groups excluding carboxylic acids is 1. The van der Waals surface area contributed by atoms with Gasteiger partial charge in [-0.2, -0.15) is 0 Å². The summed E-state index contributed by atoms with van der Waals surface area (Å²) in [6.45, 7) is 0. The van der Waals surface area contributed by atoms with Crippen LogP contribution in [0.1, 0.15) is 17.2 Å². The Morgan fingerprint density at radius 1 is 0.870 bits per heavy atom. The van der Waals surface area contributed by atoms with E-state index in [2.05, 4.69) is 31.5 Å². The van der Waals surface area contributed by atoms with Gasteiger partial charge in [-0.25, -0.2) is 0 Å². The van der Waals surface area contributed by atoms with E-state index in [9.17, 15) is 4.79 Å². The molecule has 0 spiro atoms. The molecule has 1 atom stereocenters. The van der Waals surface area contributed by atoms with Gasteiger partial charge < -0.3 is 5.32 Å². The molecule has 0 aromatic heterocycles. The largest absolute Gasteiger partial charge is 0.340 e. The van der Waals surface area contributed by atoms with Crippen molar-refractivity contribution in [2.75, 3.05) is 0 Å². The first-order valence-electron chi connectivity index (χ1n) is 7.23. The number of hydrogen-bond donors (Lipinski definition) is 1. The minimum atomic E-state index is -0.239. The maximum absolute atomic E-state index is 12.6. The van der Waals surface area contributed by atoms with Crippen molar-refractivity contribution in [3.63, 3.8) is 0 Å². The molecule has 1 N–H and O–H groups in total. The van der Waals surface area contributed by atoms with E-state index >= 15 is 0 Å². The van der Waals surface area contributed by atoms with E-state index in [1.54, 1.807) is 0 Å². The summed E-state index contributed by atoms with van der Waals surface area (Å²) in [7, 11) is 0. The van der Waals surface area contributed by atoms with Crippen molar-refractivity contribution >= 4 is 27.5 Å². The second-order valence-corrected chi connectivity index (χ2v) is 6.16. The van der Waals surface area contributed by atoms with Crippen LogP contribution in [0.25, 0.3) is 5.70 Å². The number of azo groups is 1. The van der Waals surface area contributed by atoms with Gasteiger partial charge in [-0.05, 0) is 5.56 Å².